The van der Waals surface area contributed by atoms with E-state index in [0.29, 0.717) is 33.8 Å². The molecule has 0 aliphatic rings. The molecule has 3 N–H and O–H groups in total. The van der Waals surface area contributed by atoms with Gasteiger partial charge in [0.1, 0.15) is 29.5 Å². The van der Waals surface area contributed by atoms with Gasteiger partial charge in [-0.3, -0.25) is 0 Å². The third-order valence-electron chi connectivity index (χ3n) is 4.50. The lowest BCUT2D eigenvalue weighted by Crippen LogP contribution is -2.13. The fourth-order valence-corrected chi connectivity index (χ4v) is 3.28. The van der Waals surface area contributed by atoms with Crippen LogP contribution in [0.1, 0.15) is 17.4 Å². The predicted octanol–water partition coefficient (Wildman–Crippen LogP) is 3.06. The lowest BCUT2D eigenvalue weighted by molar-refractivity contribution is 0.629. The third kappa shape index (κ3) is 2.50. The first-order valence-electron chi connectivity index (χ1n) is 8.34. The Hall–Kier alpha value is -3.81. The number of anilines is 1. The van der Waals surface area contributed by atoms with Crippen molar-refractivity contribution in [1.82, 2.24) is 29.5 Å². The minimum Gasteiger partial charge on any atom is -0.382 e. The van der Waals surface area contributed by atoms with Crippen molar-refractivity contribution >= 4 is 28.0 Å². The Labute approximate surface area is 152 Å². The van der Waals surface area contributed by atoms with Gasteiger partial charge in [0.25, 0.3) is 0 Å². The topological polar surface area (TPSA) is 98.3 Å². The summed E-state index contributed by atoms with van der Waals surface area (Å²) in [5.41, 5.74) is 9.36. The summed E-state index contributed by atoms with van der Waals surface area (Å²) in [4.78, 5) is 20.6. The molecule has 2 aromatic carbocycles. The average Bonchev–Trinajstić information content (AvgIpc) is 3.28. The minimum absolute atomic E-state index is 0.317. The van der Waals surface area contributed by atoms with Crippen LogP contribution in [-0.2, 0) is 0 Å². The van der Waals surface area contributed by atoms with Gasteiger partial charge in [-0.15, -0.1) is 0 Å². The first-order chi connectivity index (χ1) is 13.2. The molecule has 0 amide bonds. The molecule has 0 saturated heterocycles. The Balaban J connectivity index is 1.77. The number of imidazole rings is 2. The zero-order valence-corrected chi connectivity index (χ0v) is 14.0. The van der Waals surface area contributed by atoms with Gasteiger partial charge in [0.2, 0.25) is 0 Å². The molecule has 1 atom stereocenters. The smallest absolute Gasteiger partial charge is 0.166 e. The Morgan fingerprint density at radius 1 is 1.04 bits per heavy atom. The molecule has 5 rings (SSSR count). The van der Waals surface area contributed by atoms with E-state index in [1.165, 1.54) is 18.5 Å². The Morgan fingerprint density at radius 2 is 1.89 bits per heavy atom. The van der Waals surface area contributed by atoms with Crippen molar-refractivity contribution in [3.63, 3.8) is 0 Å². The molecule has 132 valence electrons. The van der Waals surface area contributed by atoms with Crippen LogP contribution < -0.4 is 5.73 Å². The zero-order chi connectivity index (χ0) is 18.4. The number of nitrogens with zero attached hydrogens (tertiary/aromatic N) is 5. The van der Waals surface area contributed by atoms with Crippen molar-refractivity contribution in [2.24, 2.45) is 0 Å². The number of aromatic nitrogens is 6. The minimum atomic E-state index is -0.332. The summed E-state index contributed by atoms with van der Waals surface area (Å²) in [5, 5.41) is 0. The van der Waals surface area contributed by atoms with E-state index < -0.39 is 0 Å². The molecule has 7 nitrogen and oxygen atoms in total. The molecule has 1 unspecified atom stereocenters. The lowest BCUT2D eigenvalue weighted by Gasteiger charge is -2.17. The maximum absolute atomic E-state index is 13.6. The van der Waals surface area contributed by atoms with E-state index in [4.69, 9.17) is 5.73 Å². The number of halogens is 1. The summed E-state index contributed by atoms with van der Waals surface area (Å²) in [5.74, 6) is 0.651. The van der Waals surface area contributed by atoms with E-state index >= 15 is 0 Å². The fourth-order valence-electron chi connectivity index (χ4n) is 3.28. The van der Waals surface area contributed by atoms with Gasteiger partial charge in [0.05, 0.1) is 17.4 Å². The molecular weight excluding hydrogens is 345 g/mol. The molecule has 0 saturated carbocycles. The van der Waals surface area contributed by atoms with Gasteiger partial charge in [0.15, 0.2) is 11.5 Å². The number of nitrogens with one attached hydrogen (secondary N) is 1. The van der Waals surface area contributed by atoms with E-state index in [-0.39, 0.29) is 11.9 Å². The van der Waals surface area contributed by atoms with Crippen molar-refractivity contribution in [2.45, 2.75) is 6.04 Å². The van der Waals surface area contributed by atoms with Gasteiger partial charge >= 0.3 is 0 Å². The number of aromatic amines is 1. The summed E-state index contributed by atoms with van der Waals surface area (Å²) in [6, 6.07) is 14.0. The Kier molecular flexibility index (Phi) is 3.36. The predicted molar refractivity (Wildman–Crippen MR) is 99.5 cm³/mol. The first-order valence-corrected chi connectivity index (χ1v) is 8.34. The van der Waals surface area contributed by atoms with Crippen molar-refractivity contribution in [2.75, 3.05) is 5.73 Å². The van der Waals surface area contributed by atoms with E-state index in [9.17, 15) is 4.39 Å². The maximum atomic E-state index is 13.6. The normalized spacial score (nSPS) is 12.6. The molecule has 0 aliphatic carbocycles. The molecule has 3 heterocycles. The molecule has 27 heavy (non-hydrogen) atoms. The Morgan fingerprint density at radius 3 is 2.74 bits per heavy atom. The third-order valence-corrected chi connectivity index (χ3v) is 4.50. The second-order valence-corrected chi connectivity index (χ2v) is 6.18. The monoisotopic (exact) mass is 359 g/mol. The summed E-state index contributed by atoms with van der Waals surface area (Å²) < 4.78 is 15.5. The van der Waals surface area contributed by atoms with Gasteiger partial charge in [0, 0.05) is 0 Å². The van der Waals surface area contributed by atoms with E-state index in [1.54, 1.807) is 12.4 Å². The van der Waals surface area contributed by atoms with Crippen molar-refractivity contribution in [3.05, 3.63) is 78.4 Å². The van der Waals surface area contributed by atoms with Crippen LogP contribution in [0.5, 0.6) is 0 Å². The highest BCUT2D eigenvalue weighted by atomic mass is 19.1. The van der Waals surface area contributed by atoms with Crippen LogP contribution in [0.25, 0.3) is 22.2 Å². The highest BCUT2D eigenvalue weighted by molar-refractivity contribution is 5.81. The van der Waals surface area contributed by atoms with Gasteiger partial charge in [-0.05, 0) is 23.8 Å². The van der Waals surface area contributed by atoms with Crippen LogP contribution in [0.2, 0.25) is 0 Å². The molecule has 0 fully saturated rings. The maximum Gasteiger partial charge on any atom is 0.166 e. The van der Waals surface area contributed by atoms with Crippen molar-refractivity contribution in [1.29, 1.82) is 0 Å². The standard InChI is InChI=1S/C19H14FN7/c20-12-6-7-13-14(8-12)26-18(25-13)16(11-4-2-1-3-5-11)27-10-24-15-17(21)22-9-23-19(15)27/h1-10,16H,(H,25,26)(H2,21,22,23). The number of hydrogen-bond acceptors (Lipinski definition) is 5. The number of benzene rings is 2. The quantitative estimate of drug-likeness (QED) is 0.516. The molecular formula is C19H14FN7. The second kappa shape index (κ2) is 5.87. The van der Waals surface area contributed by atoms with E-state index in [0.717, 1.165) is 5.56 Å². The molecule has 8 heteroatoms. The molecule has 0 spiro atoms. The SMILES string of the molecule is Nc1ncnc2c1ncn2C(c1ccccc1)c1nc2ccc(F)cc2[nH]1. The van der Waals surface area contributed by atoms with Gasteiger partial charge in [-0.25, -0.2) is 24.3 Å². The Bertz CT molecular complexity index is 1260. The van der Waals surface area contributed by atoms with Crippen LogP contribution in [0.3, 0.4) is 0 Å². The van der Waals surface area contributed by atoms with E-state index in [2.05, 4.69) is 24.9 Å². The number of nitrogens with two attached hydrogens (primary N) is 1. The van der Waals surface area contributed by atoms with Crippen LogP contribution >= 0.6 is 0 Å². The fraction of sp³-hybridized carbons (Fsp3) is 0.0526. The summed E-state index contributed by atoms with van der Waals surface area (Å²) >= 11 is 0. The molecule has 3 aromatic heterocycles. The van der Waals surface area contributed by atoms with Gasteiger partial charge in [-0.1, -0.05) is 30.3 Å². The highest BCUT2D eigenvalue weighted by Crippen LogP contribution is 2.30. The number of H-pyrrole nitrogens is 1. The summed E-state index contributed by atoms with van der Waals surface area (Å²) in [6.45, 7) is 0. The van der Waals surface area contributed by atoms with Crippen LogP contribution in [0, 0.1) is 5.82 Å². The van der Waals surface area contributed by atoms with Crippen LogP contribution in [-0.4, -0.2) is 29.5 Å². The lowest BCUT2D eigenvalue weighted by atomic mass is 10.1. The average molecular weight is 359 g/mol. The van der Waals surface area contributed by atoms with Crippen molar-refractivity contribution in [3.8, 4) is 0 Å². The van der Waals surface area contributed by atoms with E-state index in [1.807, 2.05) is 34.9 Å². The number of hydrogen-bond donors (Lipinski definition) is 2. The van der Waals surface area contributed by atoms with Gasteiger partial charge < -0.3 is 15.3 Å². The second-order valence-electron chi connectivity index (χ2n) is 6.18. The molecule has 0 radical (unpaired) electrons. The van der Waals surface area contributed by atoms with Crippen LogP contribution in [0.15, 0.2) is 61.2 Å². The summed E-state index contributed by atoms with van der Waals surface area (Å²) in [7, 11) is 0. The molecule has 0 aliphatic heterocycles. The highest BCUT2D eigenvalue weighted by Gasteiger charge is 2.23. The zero-order valence-electron chi connectivity index (χ0n) is 14.0. The number of fused-ring (bicyclic) bond motifs is 2. The molecule has 5 aromatic rings. The van der Waals surface area contributed by atoms with Gasteiger partial charge in [-0.2, -0.15) is 0 Å². The first kappa shape index (κ1) is 15.4. The van der Waals surface area contributed by atoms with Crippen molar-refractivity contribution < 1.29 is 4.39 Å². The number of nitrogen functional groups attached to an aromatic ring is 1. The largest absolute Gasteiger partial charge is 0.382 e. The number of rotatable bonds is 3. The summed E-state index contributed by atoms with van der Waals surface area (Å²) in [6.07, 6.45) is 3.08. The molecule has 0 bridgehead atoms. The van der Waals surface area contributed by atoms with Crippen LogP contribution in [0.4, 0.5) is 10.2 Å².